The number of rotatable bonds is 5. The minimum Gasteiger partial charge on any atom is -0.368 e. The topological polar surface area (TPSA) is 120 Å². The van der Waals surface area contributed by atoms with Gasteiger partial charge in [0, 0.05) is 24.4 Å². The van der Waals surface area contributed by atoms with Gasteiger partial charge in [0.2, 0.25) is 17.7 Å². The molecule has 3 heterocycles. The number of nitrogens with one attached hydrogen (secondary N) is 1. The number of nitrogens with two attached hydrogens (primary N) is 1. The van der Waals surface area contributed by atoms with Gasteiger partial charge in [0.1, 0.15) is 6.04 Å². The molecule has 1 aromatic carbocycles. The highest BCUT2D eigenvalue weighted by Crippen LogP contribution is 2.38. The zero-order chi connectivity index (χ0) is 21.3. The Labute approximate surface area is 175 Å². The van der Waals surface area contributed by atoms with Crippen LogP contribution in [-0.2, 0) is 10.2 Å². The lowest BCUT2D eigenvalue weighted by Crippen LogP contribution is -2.33. The van der Waals surface area contributed by atoms with Crippen LogP contribution in [0.3, 0.4) is 0 Å². The predicted octanol–water partition coefficient (Wildman–Crippen LogP) is 3.41. The van der Waals surface area contributed by atoms with Crippen molar-refractivity contribution in [2.45, 2.75) is 51.5 Å². The molecule has 0 spiro atoms. The number of carbonyl (C=O) groups excluding carboxylic acids is 1. The molecule has 0 saturated carbocycles. The second kappa shape index (κ2) is 7.85. The van der Waals surface area contributed by atoms with Crippen molar-refractivity contribution in [1.29, 1.82) is 0 Å². The molecule has 1 aliphatic rings. The fraction of sp³-hybridized carbons (Fsp3) is 0.409. The number of hydrogen-bond donors (Lipinski definition) is 2. The molecule has 2 unspecified atom stereocenters. The fourth-order valence-electron chi connectivity index (χ4n) is 3.79. The number of aromatic nitrogens is 4. The summed E-state index contributed by atoms with van der Waals surface area (Å²) in [5.41, 5.74) is 8.12. The Morgan fingerprint density at radius 2 is 1.87 bits per heavy atom. The molecule has 8 heteroatoms. The van der Waals surface area contributed by atoms with E-state index in [1.54, 1.807) is 12.4 Å². The van der Waals surface area contributed by atoms with E-state index in [0.29, 0.717) is 18.1 Å². The van der Waals surface area contributed by atoms with Gasteiger partial charge in [0.15, 0.2) is 5.82 Å². The first-order valence-corrected chi connectivity index (χ1v) is 10.2. The summed E-state index contributed by atoms with van der Waals surface area (Å²) in [5.74, 6) is 1.59. The Bertz CT molecular complexity index is 1030. The number of anilines is 1. The van der Waals surface area contributed by atoms with Crippen molar-refractivity contribution in [2.24, 2.45) is 5.92 Å². The summed E-state index contributed by atoms with van der Waals surface area (Å²) < 4.78 is 5.57. The van der Waals surface area contributed by atoms with E-state index in [1.807, 2.05) is 12.1 Å². The molecular weight excluding hydrogens is 380 g/mol. The highest BCUT2D eigenvalue weighted by Gasteiger charge is 2.38. The quantitative estimate of drug-likeness (QED) is 0.666. The SMILES string of the molecule is CC(C)C(C)(c1ccc(-c2cnc(N)nc2)cc1)c1noc(C2CCCC(=O)N2)n1. The molecule has 2 aromatic heterocycles. The molecule has 2 atom stereocenters. The summed E-state index contributed by atoms with van der Waals surface area (Å²) in [5, 5.41) is 7.25. The third-order valence-electron chi connectivity index (χ3n) is 6.08. The van der Waals surface area contributed by atoms with Gasteiger partial charge in [0.05, 0.1) is 5.41 Å². The number of nitrogen functional groups attached to an aromatic ring is 1. The maximum atomic E-state index is 11.7. The lowest BCUT2D eigenvalue weighted by molar-refractivity contribution is -0.123. The molecule has 30 heavy (non-hydrogen) atoms. The number of nitrogens with zero attached hydrogens (tertiary/aromatic N) is 4. The molecule has 1 amide bonds. The Morgan fingerprint density at radius 3 is 2.50 bits per heavy atom. The molecule has 0 aliphatic carbocycles. The highest BCUT2D eigenvalue weighted by molar-refractivity contribution is 5.77. The standard InChI is InChI=1S/C22H26N6O2/c1-13(2)22(3,20-27-19(30-28-20)17-5-4-6-18(29)26-17)16-9-7-14(8-10-16)15-11-24-21(23)25-12-15/h7-13,17H,4-6H2,1-3H3,(H,26,29)(H2,23,24,25). The van der Waals surface area contributed by atoms with E-state index in [-0.39, 0.29) is 23.8 Å². The summed E-state index contributed by atoms with van der Waals surface area (Å²) in [6.45, 7) is 6.40. The van der Waals surface area contributed by atoms with Crippen LogP contribution in [0, 0.1) is 5.92 Å². The predicted molar refractivity (Wildman–Crippen MR) is 112 cm³/mol. The zero-order valence-electron chi connectivity index (χ0n) is 17.4. The van der Waals surface area contributed by atoms with Crippen LogP contribution < -0.4 is 11.1 Å². The maximum absolute atomic E-state index is 11.7. The third kappa shape index (κ3) is 3.65. The van der Waals surface area contributed by atoms with Crippen molar-refractivity contribution in [1.82, 2.24) is 25.4 Å². The van der Waals surface area contributed by atoms with Crippen LogP contribution in [0.2, 0.25) is 0 Å². The largest absolute Gasteiger partial charge is 0.368 e. The van der Waals surface area contributed by atoms with Gasteiger partial charge in [-0.05, 0) is 36.8 Å². The molecule has 3 N–H and O–H groups in total. The fourth-order valence-corrected chi connectivity index (χ4v) is 3.79. The van der Waals surface area contributed by atoms with Gasteiger partial charge in [0.25, 0.3) is 0 Å². The number of hydrogen-bond acceptors (Lipinski definition) is 7. The molecule has 0 radical (unpaired) electrons. The van der Waals surface area contributed by atoms with Crippen LogP contribution in [0.15, 0.2) is 41.2 Å². The molecule has 156 valence electrons. The van der Waals surface area contributed by atoms with E-state index in [4.69, 9.17) is 15.2 Å². The van der Waals surface area contributed by atoms with Crippen molar-refractivity contribution in [3.05, 3.63) is 53.9 Å². The van der Waals surface area contributed by atoms with Gasteiger partial charge in [-0.2, -0.15) is 4.98 Å². The van der Waals surface area contributed by atoms with Crippen LogP contribution in [0.5, 0.6) is 0 Å². The van der Waals surface area contributed by atoms with Gasteiger partial charge in [-0.25, -0.2) is 9.97 Å². The Balaban J connectivity index is 1.64. The smallest absolute Gasteiger partial charge is 0.249 e. The number of amides is 1. The Hall–Kier alpha value is -3.29. The number of carbonyl (C=O) groups is 1. The number of piperidine rings is 1. The summed E-state index contributed by atoms with van der Waals surface area (Å²) >= 11 is 0. The molecule has 1 saturated heterocycles. The van der Waals surface area contributed by atoms with E-state index in [0.717, 1.165) is 29.5 Å². The summed E-state index contributed by atoms with van der Waals surface area (Å²) in [6.07, 6.45) is 5.61. The second-order valence-electron chi connectivity index (χ2n) is 8.23. The van der Waals surface area contributed by atoms with E-state index in [2.05, 4.69) is 53.3 Å². The van der Waals surface area contributed by atoms with Gasteiger partial charge in [-0.15, -0.1) is 0 Å². The van der Waals surface area contributed by atoms with E-state index in [9.17, 15) is 4.79 Å². The van der Waals surface area contributed by atoms with Gasteiger partial charge < -0.3 is 15.6 Å². The molecule has 1 aliphatic heterocycles. The van der Waals surface area contributed by atoms with Crippen LogP contribution >= 0.6 is 0 Å². The van der Waals surface area contributed by atoms with Crippen LogP contribution in [0.25, 0.3) is 11.1 Å². The van der Waals surface area contributed by atoms with Crippen molar-refractivity contribution in [3.63, 3.8) is 0 Å². The highest BCUT2D eigenvalue weighted by atomic mass is 16.5. The van der Waals surface area contributed by atoms with E-state index in [1.165, 1.54) is 0 Å². The summed E-state index contributed by atoms with van der Waals surface area (Å²) in [7, 11) is 0. The van der Waals surface area contributed by atoms with E-state index >= 15 is 0 Å². The minimum atomic E-state index is -0.448. The van der Waals surface area contributed by atoms with E-state index < -0.39 is 5.41 Å². The van der Waals surface area contributed by atoms with Crippen LogP contribution in [0.4, 0.5) is 5.95 Å². The minimum absolute atomic E-state index is 0.0276. The van der Waals surface area contributed by atoms with Crippen molar-refractivity contribution in [2.75, 3.05) is 5.73 Å². The molecule has 4 rings (SSSR count). The van der Waals surface area contributed by atoms with Crippen molar-refractivity contribution >= 4 is 11.9 Å². The molecule has 0 bridgehead atoms. The number of benzene rings is 1. The third-order valence-corrected chi connectivity index (χ3v) is 6.08. The average Bonchev–Trinajstić information content (AvgIpc) is 3.24. The molecule has 8 nitrogen and oxygen atoms in total. The summed E-state index contributed by atoms with van der Waals surface area (Å²) in [6, 6.07) is 8.01. The van der Waals surface area contributed by atoms with Crippen LogP contribution in [0.1, 0.15) is 63.4 Å². The lowest BCUT2D eigenvalue weighted by Gasteiger charge is -2.31. The van der Waals surface area contributed by atoms with Crippen molar-refractivity contribution < 1.29 is 9.32 Å². The first-order valence-electron chi connectivity index (χ1n) is 10.2. The van der Waals surface area contributed by atoms with Crippen LogP contribution in [-0.4, -0.2) is 26.0 Å². The average molecular weight is 406 g/mol. The molecule has 3 aromatic rings. The Kier molecular flexibility index (Phi) is 5.24. The molecular formula is C22H26N6O2. The monoisotopic (exact) mass is 406 g/mol. The zero-order valence-corrected chi connectivity index (χ0v) is 17.4. The van der Waals surface area contributed by atoms with Gasteiger partial charge >= 0.3 is 0 Å². The second-order valence-corrected chi connectivity index (χ2v) is 8.23. The van der Waals surface area contributed by atoms with Gasteiger partial charge in [-0.1, -0.05) is 43.3 Å². The lowest BCUT2D eigenvalue weighted by atomic mass is 9.72. The normalized spacial score (nSPS) is 18.8. The van der Waals surface area contributed by atoms with Crippen molar-refractivity contribution in [3.8, 4) is 11.1 Å². The summed E-state index contributed by atoms with van der Waals surface area (Å²) in [4.78, 5) is 24.6. The Morgan fingerprint density at radius 1 is 1.17 bits per heavy atom. The van der Waals surface area contributed by atoms with Gasteiger partial charge in [-0.3, -0.25) is 4.79 Å². The first-order chi connectivity index (χ1) is 14.4. The first kappa shape index (κ1) is 20.0. The molecule has 1 fully saturated rings. The maximum Gasteiger partial charge on any atom is 0.249 e.